The lowest BCUT2D eigenvalue weighted by Gasteiger charge is -1.91. The van der Waals surface area contributed by atoms with Crippen molar-refractivity contribution in [1.29, 1.82) is 0 Å². The number of rotatable bonds is 3. The maximum absolute atomic E-state index is 3.58. The summed E-state index contributed by atoms with van der Waals surface area (Å²) in [6.07, 6.45) is 5.36. The molecule has 0 saturated heterocycles. The third kappa shape index (κ3) is 4.17. The van der Waals surface area contributed by atoms with Gasteiger partial charge in [0.1, 0.15) is 0 Å². The summed E-state index contributed by atoms with van der Waals surface area (Å²) < 4.78 is 0. The standard InChI is InChI=1S/C5H10P/c1-2-3-4-5-6/h2,6H,1,3-5H2/q-1. The maximum Gasteiger partial charge on any atom is -0.0376 e. The first-order valence-electron chi connectivity index (χ1n) is 2.17. The van der Waals surface area contributed by atoms with Crippen LogP contribution in [0.25, 0.3) is 0 Å². The van der Waals surface area contributed by atoms with Gasteiger partial charge in [-0.1, -0.05) is 12.5 Å². The second kappa shape index (κ2) is 5.17. The van der Waals surface area contributed by atoms with Gasteiger partial charge in [-0.15, -0.1) is 6.58 Å². The molecule has 0 aromatic rings. The lowest BCUT2D eigenvalue weighted by Crippen LogP contribution is -1.66. The lowest BCUT2D eigenvalue weighted by atomic mass is 10.3. The molecule has 0 atom stereocenters. The highest BCUT2D eigenvalue weighted by molar-refractivity contribution is 7.16. The van der Waals surface area contributed by atoms with Crippen LogP contribution in [0, 0.1) is 0 Å². The van der Waals surface area contributed by atoms with Crippen molar-refractivity contribution in [2.45, 2.75) is 12.8 Å². The molecule has 0 fully saturated rings. The van der Waals surface area contributed by atoms with E-state index in [0.29, 0.717) is 0 Å². The van der Waals surface area contributed by atoms with Crippen molar-refractivity contribution in [3.05, 3.63) is 12.7 Å². The topological polar surface area (TPSA) is 0 Å². The van der Waals surface area contributed by atoms with E-state index in [-0.39, 0.29) is 0 Å². The Bertz CT molecular complexity index is 32.9. The monoisotopic (exact) mass is 101 g/mol. The molecule has 0 rings (SSSR count). The SMILES string of the molecule is C=CCCC[PH-]. The molecule has 0 N–H and O–H groups in total. The summed E-state index contributed by atoms with van der Waals surface area (Å²) in [5.74, 6) is 0. The van der Waals surface area contributed by atoms with Gasteiger partial charge in [0.25, 0.3) is 0 Å². The second-order valence-electron chi connectivity index (χ2n) is 1.18. The van der Waals surface area contributed by atoms with Crippen LogP contribution in [0.5, 0.6) is 0 Å². The highest BCUT2D eigenvalue weighted by atomic mass is 31.0. The van der Waals surface area contributed by atoms with E-state index < -0.39 is 0 Å². The van der Waals surface area contributed by atoms with Crippen LogP contribution in [0.15, 0.2) is 12.7 Å². The molecule has 6 heavy (non-hydrogen) atoms. The van der Waals surface area contributed by atoms with Crippen LogP contribution in [0.2, 0.25) is 0 Å². The number of hydrogen-bond donors (Lipinski definition) is 0. The zero-order valence-electron chi connectivity index (χ0n) is 3.91. The molecule has 1 heteroatoms. The van der Waals surface area contributed by atoms with Crippen molar-refractivity contribution in [2.24, 2.45) is 0 Å². The molecular formula is C5H10P-. The quantitative estimate of drug-likeness (QED) is 0.290. The van der Waals surface area contributed by atoms with Gasteiger partial charge in [-0.05, 0) is 6.42 Å². The minimum atomic E-state index is 1.09. The van der Waals surface area contributed by atoms with Gasteiger partial charge >= 0.3 is 0 Å². The van der Waals surface area contributed by atoms with Crippen LogP contribution < -0.4 is 0 Å². The molecule has 36 valence electrons. The number of allylic oxidation sites excluding steroid dienone is 1. The molecule has 0 aromatic carbocycles. The molecule has 0 saturated carbocycles. The van der Waals surface area contributed by atoms with E-state index in [1.165, 1.54) is 6.42 Å². The zero-order valence-corrected chi connectivity index (χ0v) is 4.91. The van der Waals surface area contributed by atoms with Gasteiger partial charge in [-0.25, -0.2) is 0 Å². The summed E-state index contributed by atoms with van der Waals surface area (Å²) in [6, 6.07) is 0. The average molecular weight is 101 g/mol. The fourth-order valence-electron chi connectivity index (χ4n) is 0.246. The minimum Gasteiger partial charge on any atom is -0.558 e. The van der Waals surface area contributed by atoms with E-state index in [2.05, 4.69) is 15.8 Å². The van der Waals surface area contributed by atoms with Gasteiger partial charge < -0.3 is 9.24 Å². The molecule has 0 radical (unpaired) electrons. The first kappa shape index (κ1) is 6.17. The fraction of sp³-hybridized carbons (Fsp3) is 0.600. The largest absolute Gasteiger partial charge is 0.558 e. The van der Waals surface area contributed by atoms with Crippen molar-refractivity contribution >= 4 is 9.24 Å². The number of unbranched alkanes of at least 4 members (excludes halogenated alkanes) is 1. The van der Waals surface area contributed by atoms with Crippen LogP contribution in [0.3, 0.4) is 0 Å². The highest BCUT2D eigenvalue weighted by Gasteiger charge is 1.65. The molecule has 0 aliphatic rings. The van der Waals surface area contributed by atoms with Gasteiger partial charge in [0.2, 0.25) is 0 Å². The lowest BCUT2D eigenvalue weighted by molar-refractivity contribution is 0.975. The Balaban J connectivity index is 2.49. The van der Waals surface area contributed by atoms with Crippen LogP contribution in [-0.4, -0.2) is 6.16 Å². The number of hydrogen-bond acceptors (Lipinski definition) is 0. The van der Waals surface area contributed by atoms with Crippen LogP contribution in [0.1, 0.15) is 12.8 Å². The third-order valence-electron chi connectivity index (χ3n) is 0.585. The van der Waals surface area contributed by atoms with E-state index in [4.69, 9.17) is 0 Å². The third-order valence-corrected chi connectivity index (χ3v) is 0.939. The Kier molecular flexibility index (Phi) is 5.32. The van der Waals surface area contributed by atoms with Crippen LogP contribution >= 0.6 is 9.24 Å². The first-order valence-corrected chi connectivity index (χ1v) is 2.88. The van der Waals surface area contributed by atoms with Crippen LogP contribution in [0.4, 0.5) is 0 Å². The van der Waals surface area contributed by atoms with E-state index in [0.717, 1.165) is 12.6 Å². The molecule has 0 heterocycles. The smallest absolute Gasteiger partial charge is 0.0376 e. The molecule has 0 unspecified atom stereocenters. The Morgan fingerprint density at radius 3 is 2.50 bits per heavy atom. The van der Waals surface area contributed by atoms with Crippen molar-refractivity contribution in [1.82, 2.24) is 0 Å². The van der Waals surface area contributed by atoms with Gasteiger partial charge in [0, 0.05) is 0 Å². The Labute approximate surface area is 41.8 Å². The van der Waals surface area contributed by atoms with Crippen molar-refractivity contribution in [3.63, 3.8) is 0 Å². The fourth-order valence-corrected chi connectivity index (χ4v) is 0.451. The van der Waals surface area contributed by atoms with E-state index in [9.17, 15) is 0 Å². The van der Waals surface area contributed by atoms with Crippen LogP contribution in [-0.2, 0) is 0 Å². The molecule has 0 aromatic heterocycles. The first-order chi connectivity index (χ1) is 2.91. The molecule has 0 spiro atoms. The van der Waals surface area contributed by atoms with Crippen molar-refractivity contribution in [3.8, 4) is 0 Å². The van der Waals surface area contributed by atoms with Gasteiger partial charge in [0.15, 0.2) is 0 Å². The predicted molar refractivity (Wildman–Crippen MR) is 32.6 cm³/mol. The molecule has 0 bridgehead atoms. The maximum atomic E-state index is 3.58. The Hall–Kier alpha value is 0.170. The highest BCUT2D eigenvalue weighted by Crippen LogP contribution is 1.92. The van der Waals surface area contributed by atoms with Gasteiger partial charge in [-0.3, -0.25) is 0 Å². The molecule has 0 aliphatic heterocycles. The van der Waals surface area contributed by atoms with Gasteiger partial charge in [-0.2, -0.15) is 6.16 Å². The summed E-state index contributed by atoms with van der Waals surface area (Å²) in [7, 11) is 3.34. The van der Waals surface area contributed by atoms with Gasteiger partial charge in [0.05, 0.1) is 0 Å². The Morgan fingerprint density at radius 1 is 1.67 bits per heavy atom. The van der Waals surface area contributed by atoms with Crippen molar-refractivity contribution in [2.75, 3.05) is 6.16 Å². The van der Waals surface area contributed by atoms with E-state index >= 15 is 0 Å². The molecule has 0 nitrogen and oxygen atoms in total. The normalized spacial score (nSPS) is 8.17. The summed E-state index contributed by atoms with van der Waals surface area (Å²) in [6.45, 7) is 3.58. The average Bonchev–Trinajstić information content (AvgIpc) is 1.61. The Morgan fingerprint density at radius 2 is 2.33 bits per heavy atom. The molecule has 0 amide bonds. The minimum absolute atomic E-state index is 1.09. The van der Waals surface area contributed by atoms with Crippen molar-refractivity contribution < 1.29 is 0 Å². The molecular weight excluding hydrogens is 91.0 g/mol. The summed E-state index contributed by atoms with van der Waals surface area (Å²) in [4.78, 5) is 0. The zero-order chi connectivity index (χ0) is 4.83. The molecule has 0 aliphatic carbocycles. The van der Waals surface area contributed by atoms with E-state index in [1.54, 1.807) is 0 Å². The summed E-state index contributed by atoms with van der Waals surface area (Å²) in [5, 5.41) is 0. The second-order valence-corrected chi connectivity index (χ2v) is 1.68. The van der Waals surface area contributed by atoms with E-state index in [1.807, 2.05) is 6.08 Å². The predicted octanol–water partition coefficient (Wildman–Crippen LogP) is 2.10. The summed E-state index contributed by atoms with van der Waals surface area (Å²) in [5.41, 5.74) is 0. The summed E-state index contributed by atoms with van der Waals surface area (Å²) >= 11 is 0.